The molecule has 1 aromatic carbocycles. The van der Waals surface area contributed by atoms with Gasteiger partial charge in [0.05, 0.1) is 6.61 Å². The number of ether oxygens (including phenoxy) is 1. The Labute approximate surface area is 81.1 Å². The average Bonchev–Trinajstić information content (AvgIpc) is 2.17. The average molecular weight is 198 g/mol. The second-order valence-electron chi connectivity index (χ2n) is 2.71. The summed E-state index contributed by atoms with van der Waals surface area (Å²) >= 11 is 0. The van der Waals surface area contributed by atoms with E-state index in [9.17, 15) is 14.3 Å². The molecular weight excluding hydrogens is 187 g/mol. The van der Waals surface area contributed by atoms with Crippen molar-refractivity contribution in [3.05, 3.63) is 35.6 Å². The van der Waals surface area contributed by atoms with Gasteiger partial charge in [-0.15, -0.1) is 0 Å². The molecule has 0 bridgehead atoms. The summed E-state index contributed by atoms with van der Waals surface area (Å²) < 4.78 is 17.3. The van der Waals surface area contributed by atoms with E-state index in [0.717, 1.165) is 6.07 Å². The molecule has 1 aromatic rings. The van der Waals surface area contributed by atoms with Gasteiger partial charge >= 0.3 is 5.97 Å². The molecule has 0 heterocycles. The smallest absolute Gasteiger partial charge is 0.339 e. The number of carbonyl (C=O) groups excluding carboxylic acids is 1. The standard InChI is InChI=1S/C10H11FO3/c1-2-14-10(13)9(12)7-4-3-5-8(11)6-7/h3-6,9,12H,2H2,1H3/t9-/m1/s1. The third-order valence-electron chi connectivity index (χ3n) is 1.67. The predicted molar refractivity (Wildman–Crippen MR) is 48.0 cm³/mol. The van der Waals surface area contributed by atoms with E-state index >= 15 is 0 Å². The monoisotopic (exact) mass is 198 g/mol. The fourth-order valence-corrected chi connectivity index (χ4v) is 1.03. The van der Waals surface area contributed by atoms with Crippen molar-refractivity contribution in [2.75, 3.05) is 6.61 Å². The van der Waals surface area contributed by atoms with Crippen molar-refractivity contribution in [2.45, 2.75) is 13.0 Å². The van der Waals surface area contributed by atoms with E-state index in [1.807, 2.05) is 0 Å². The molecule has 0 fully saturated rings. The van der Waals surface area contributed by atoms with Crippen molar-refractivity contribution < 1.29 is 19.0 Å². The van der Waals surface area contributed by atoms with Crippen LogP contribution in [0.15, 0.2) is 24.3 Å². The van der Waals surface area contributed by atoms with Crippen LogP contribution in [0.25, 0.3) is 0 Å². The molecule has 0 unspecified atom stereocenters. The van der Waals surface area contributed by atoms with E-state index in [1.165, 1.54) is 18.2 Å². The second kappa shape index (κ2) is 4.72. The van der Waals surface area contributed by atoms with Crippen molar-refractivity contribution in [3.63, 3.8) is 0 Å². The summed E-state index contributed by atoms with van der Waals surface area (Å²) in [6.45, 7) is 1.82. The van der Waals surface area contributed by atoms with Crippen LogP contribution in [-0.2, 0) is 9.53 Å². The minimum absolute atomic E-state index is 0.186. The molecule has 0 aliphatic rings. The van der Waals surface area contributed by atoms with Crippen molar-refractivity contribution >= 4 is 5.97 Å². The molecule has 1 rings (SSSR count). The maximum Gasteiger partial charge on any atom is 0.339 e. The van der Waals surface area contributed by atoms with Gasteiger partial charge < -0.3 is 9.84 Å². The van der Waals surface area contributed by atoms with Gasteiger partial charge in [-0.05, 0) is 24.6 Å². The Morgan fingerprint density at radius 2 is 2.36 bits per heavy atom. The van der Waals surface area contributed by atoms with Crippen LogP contribution >= 0.6 is 0 Å². The normalized spacial score (nSPS) is 12.2. The number of halogens is 1. The van der Waals surface area contributed by atoms with Crippen molar-refractivity contribution in [1.82, 2.24) is 0 Å². The van der Waals surface area contributed by atoms with E-state index in [1.54, 1.807) is 6.92 Å². The Hall–Kier alpha value is -1.42. The zero-order chi connectivity index (χ0) is 10.6. The Morgan fingerprint density at radius 3 is 2.93 bits per heavy atom. The maximum atomic E-state index is 12.7. The van der Waals surface area contributed by atoms with E-state index in [0.29, 0.717) is 0 Å². The zero-order valence-electron chi connectivity index (χ0n) is 7.74. The number of carbonyl (C=O) groups is 1. The lowest BCUT2D eigenvalue weighted by Crippen LogP contribution is -2.15. The molecule has 0 saturated carbocycles. The van der Waals surface area contributed by atoms with Crippen molar-refractivity contribution in [2.24, 2.45) is 0 Å². The van der Waals surface area contributed by atoms with Gasteiger partial charge in [0, 0.05) is 0 Å². The number of aliphatic hydroxyl groups is 1. The van der Waals surface area contributed by atoms with E-state index in [4.69, 9.17) is 0 Å². The van der Waals surface area contributed by atoms with E-state index < -0.39 is 17.9 Å². The molecule has 3 nitrogen and oxygen atoms in total. The summed E-state index contributed by atoms with van der Waals surface area (Å²) in [7, 11) is 0. The molecule has 4 heteroatoms. The van der Waals surface area contributed by atoms with E-state index in [2.05, 4.69) is 4.74 Å². The summed E-state index contributed by atoms with van der Waals surface area (Å²) in [5, 5.41) is 9.40. The fraction of sp³-hybridized carbons (Fsp3) is 0.300. The van der Waals surface area contributed by atoms with Crippen LogP contribution in [0.1, 0.15) is 18.6 Å². The van der Waals surface area contributed by atoms with Gasteiger partial charge in [-0.2, -0.15) is 0 Å². The van der Waals surface area contributed by atoms with Crippen LogP contribution in [0.5, 0.6) is 0 Å². The molecule has 0 spiro atoms. The van der Waals surface area contributed by atoms with Gasteiger partial charge in [-0.3, -0.25) is 0 Å². The molecule has 14 heavy (non-hydrogen) atoms. The van der Waals surface area contributed by atoms with Crippen LogP contribution in [-0.4, -0.2) is 17.7 Å². The Morgan fingerprint density at radius 1 is 1.64 bits per heavy atom. The number of esters is 1. The zero-order valence-corrected chi connectivity index (χ0v) is 7.74. The highest BCUT2D eigenvalue weighted by Crippen LogP contribution is 2.15. The van der Waals surface area contributed by atoms with Crippen LogP contribution in [0.3, 0.4) is 0 Å². The van der Waals surface area contributed by atoms with Gasteiger partial charge in [0.15, 0.2) is 6.10 Å². The first-order valence-corrected chi connectivity index (χ1v) is 4.25. The fourth-order valence-electron chi connectivity index (χ4n) is 1.03. The summed E-state index contributed by atoms with van der Waals surface area (Å²) in [5.41, 5.74) is 0.198. The third kappa shape index (κ3) is 2.53. The van der Waals surface area contributed by atoms with Gasteiger partial charge in [-0.25, -0.2) is 9.18 Å². The third-order valence-corrected chi connectivity index (χ3v) is 1.67. The quantitative estimate of drug-likeness (QED) is 0.747. The van der Waals surface area contributed by atoms with Crippen LogP contribution in [0, 0.1) is 5.82 Å². The minimum Gasteiger partial charge on any atom is -0.464 e. The highest BCUT2D eigenvalue weighted by atomic mass is 19.1. The van der Waals surface area contributed by atoms with E-state index in [-0.39, 0.29) is 12.2 Å². The van der Waals surface area contributed by atoms with Crippen molar-refractivity contribution in [1.29, 1.82) is 0 Å². The molecule has 76 valence electrons. The Balaban J connectivity index is 2.78. The first-order valence-electron chi connectivity index (χ1n) is 4.25. The molecule has 0 aliphatic carbocycles. The molecule has 0 saturated heterocycles. The Bertz CT molecular complexity index is 325. The summed E-state index contributed by atoms with van der Waals surface area (Å²) in [6, 6.07) is 5.22. The summed E-state index contributed by atoms with van der Waals surface area (Å²) in [6.07, 6.45) is -1.41. The Kier molecular flexibility index (Phi) is 3.59. The van der Waals surface area contributed by atoms with Gasteiger partial charge in [0.2, 0.25) is 0 Å². The lowest BCUT2D eigenvalue weighted by atomic mass is 10.1. The lowest BCUT2D eigenvalue weighted by molar-refractivity contribution is -0.153. The number of hydrogen-bond acceptors (Lipinski definition) is 3. The number of benzene rings is 1. The molecule has 0 amide bonds. The van der Waals surface area contributed by atoms with Gasteiger partial charge in [0.25, 0.3) is 0 Å². The van der Waals surface area contributed by atoms with Crippen molar-refractivity contribution in [3.8, 4) is 0 Å². The number of aliphatic hydroxyl groups excluding tert-OH is 1. The SMILES string of the molecule is CCOC(=O)[C@H](O)c1cccc(F)c1. The molecule has 0 aromatic heterocycles. The number of rotatable bonds is 3. The predicted octanol–water partition coefficient (Wildman–Crippen LogP) is 1.42. The maximum absolute atomic E-state index is 12.7. The molecule has 0 aliphatic heterocycles. The highest BCUT2D eigenvalue weighted by molar-refractivity contribution is 5.76. The number of hydrogen-bond donors (Lipinski definition) is 1. The minimum atomic E-state index is -1.41. The lowest BCUT2D eigenvalue weighted by Gasteiger charge is -2.09. The molecular formula is C10H11FO3. The van der Waals surface area contributed by atoms with Gasteiger partial charge in [-0.1, -0.05) is 12.1 Å². The first kappa shape index (κ1) is 10.7. The first-order chi connectivity index (χ1) is 6.65. The topological polar surface area (TPSA) is 46.5 Å². The van der Waals surface area contributed by atoms with Crippen LogP contribution < -0.4 is 0 Å². The summed E-state index contributed by atoms with van der Waals surface area (Å²) in [4.78, 5) is 11.1. The summed E-state index contributed by atoms with van der Waals surface area (Å²) in [5.74, 6) is -1.26. The van der Waals surface area contributed by atoms with Gasteiger partial charge in [0.1, 0.15) is 5.82 Å². The molecule has 1 N–H and O–H groups in total. The second-order valence-corrected chi connectivity index (χ2v) is 2.71. The molecule has 1 atom stereocenters. The highest BCUT2D eigenvalue weighted by Gasteiger charge is 2.18. The molecule has 0 radical (unpaired) electrons. The van der Waals surface area contributed by atoms with Crippen LogP contribution in [0.4, 0.5) is 4.39 Å². The largest absolute Gasteiger partial charge is 0.464 e. The van der Waals surface area contributed by atoms with Crippen LogP contribution in [0.2, 0.25) is 0 Å².